The number of benzene rings is 6. The molecule has 0 saturated heterocycles. The molecule has 1 aliphatic heterocycles. The summed E-state index contributed by atoms with van der Waals surface area (Å²) in [5.41, 5.74) is 7.25. The smallest absolute Gasteiger partial charge is 0.165 e. The highest BCUT2D eigenvalue weighted by Gasteiger charge is 2.40. The fraction of sp³-hybridized carbons (Fsp3) is 0.0488. The first-order valence-electron chi connectivity index (χ1n) is 15.9. The monoisotopic (exact) mass is 637 g/mol. The molecule has 0 fully saturated rings. The van der Waals surface area contributed by atoms with Crippen molar-refractivity contribution in [2.45, 2.75) is 13.1 Å². The van der Waals surface area contributed by atoms with Crippen LogP contribution in [0.4, 0.5) is 0 Å². The zero-order chi connectivity index (χ0) is 31.3. The van der Waals surface area contributed by atoms with Crippen molar-refractivity contribution in [1.82, 2.24) is 15.0 Å². The molecule has 0 aliphatic carbocycles. The van der Waals surface area contributed by atoms with Gasteiger partial charge in [-0.3, -0.25) is 0 Å². The predicted molar refractivity (Wildman–Crippen MR) is 198 cm³/mol. The lowest BCUT2D eigenvalue weighted by Crippen LogP contribution is -2.49. The summed E-state index contributed by atoms with van der Waals surface area (Å²) in [5, 5.41) is 7.39. The molecule has 9 aromatic rings. The van der Waals surface area contributed by atoms with Gasteiger partial charge in [-0.1, -0.05) is 116 Å². The van der Waals surface area contributed by atoms with Gasteiger partial charge in [0.2, 0.25) is 0 Å². The summed E-state index contributed by atoms with van der Waals surface area (Å²) >= 11 is 1.79. The second-order valence-corrected chi connectivity index (χ2v) is 18.2. The minimum Gasteiger partial charge on any atom is -0.455 e. The number of thiophene rings is 1. The van der Waals surface area contributed by atoms with E-state index in [1.54, 1.807) is 11.3 Å². The molecule has 4 heterocycles. The molecule has 6 aromatic carbocycles. The van der Waals surface area contributed by atoms with Gasteiger partial charge >= 0.3 is 0 Å². The molecule has 0 bridgehead atoms. The molecule has 0 saturated carbocycles. The third kappa shape index (κ3) is 3.83. The molecular weight excluding hydrogens is 611 g/mol. The van der Waals surface area contributed by atoms with Crippen molar-refractivity contribution in [2.75, 3.05) is 0 Å². The van der Waals surface area contributed by atoms with E-state index in [-0.39, 0.29) is 0 Å². The molecule has 0 spiro atoms. The second-order valence-electron chi connectivity index (χ2n) is 12.8. The van der Waals surface area contributed by atoms with E-state index < -0.39 is 8.07 Å². The Morgan fingerprint density at radius 1 is 0.553 bits per heavy atom. The van der Waals surface area contributed by atoms with Crippen LogP contribution in [0.2, 0.25) is 13.1 Å². The Bertz CT molecular complexity index is 2730. The summed E-state index contributed by atoms with van der Waals surface area (Å²) in [7, 11) is -2.05. The maximum Gasteiger partial charge on any atom is 0.165 e. The maximum atomic E-state index is 6.78. The summed E-state index contributed by atoms with van der Waals surface area (Å²) in [6.07, 6.45) is 0. The lowest BCUT2D eigenvalue weighted by Gasteiger charge is -2.19. The topological polar surface area (TPSA) is 51.8 Å². The quantitative estimate of drug-likeness (QED) is 0.181. The van der Waals surface area contributed by atoms with Crippen LogP contribution in [0.5, 0.6) is 0 Å². The van der Waals surface area contributed by atoms with Crippen LogP contribution in [0.1, 0.15) is 0 Å². The largest absolute Gasteiger partial charge is 0.455 e. The fourth-order valence-corrected chi connectivity index (χ4v) is 11.8. The normalized spacial score (nSPS) is 13.5. The zero-order valence-corrected chi connectivity index (χ0v) is 27.6. The minimum atomic E-state index is -2.05. The number of rotatable bonds is 3. The van der Waals surface area contributed by atoms with Gasteiger partial charge in [0, 0.05) is 53.2 Å². The number of furan rings is 1. The molecule has 4 nitrogen and oxygen atoms in total. The van der Waals surface area contributed by atoms with Gasteiger partial charge in [0.1, 0.15) is 19.2 Å². The first-order valence-corrected chi connectivity index (χ1v) is 19.7. The first-order chi connectivity index (χ1) is 23.1. The molecule has 0 amide bonds. The summed E-state index contributed by atoms with van der Waals surface area (Å²) in [6, 6.07) is 44.8. The van der Waals surface area contributed by atoms with Crippen LogP contribution in [0, 0.1) is 0 Å². The third-order valence-electron chi connectivity index (χ3n) is 9.75. The lowest BCUT2D eigenvalue weighted by molar-refractivity contribution is 0.670. The van der Waals surface area contributed by atoms with E-state index in [4.69, 9.17) is 19.4 Å². The molecule has 10 rings (SSSR count). The highest BCUT2D eigenvalue weighted by Crippen LogP contribution is 2.44. The van der Waals surface area contributed by atoms with Gasteiger partial charge < -0.3 is 4.42 Å². The summed E-state index contributed by atoms with van der Waals surface area (Å²) in [5.74, 6) is 1.99. The molecule has 0 N–H and O–H groups in total. The fourth-order valence-electron chi connectivity index (χ4n) is 7.48. The van der Waals surface area contributed by atoms with Gasteiger partial charge in [-0.25, -0.2) is 15.0 Å². The SMILES string of the molecule is C[Si]1(C)c2ccccc2-c2c1cc(-c1nc(-c3ccccc3)nc(-c3cccc4c3sc3ccccc34)n1)c1c2oc2ccccc21. The van der Waals surface area contributed by atoms with Crippen molar-refractivity contribution in [1.29, 1.82) is 0 Å². The molecule has 1 aliphatic rings. The Kier molecular flexibility index (Phi) is 5.57. The zero-order valence-electron chi connectivity index (χ0n) is 25.8. The maximum absolute atomic E-state index is 6.78. The third-order valence-corrected chi connectivity index (χ3v) is 14.5. The van der Waals surface area contributed by atoms with Crippen LogP contribution >= 0.6 is 11.3 Å². The van der Waals surface area contributed by atoms with E-state index in [0.717, 1.165) is 38.6 Å². The summed E-state index contributed by atoms with van der Waals surface area (Å²) in [4.78, 5) is 15.7. The van der Waals surface area contributed by atoms with Gasteiger partial charge in [-0.15, -0.1) is 11.3 Å². The van der Waals surface area contributed by atoms with Gasteiger partial charge in [0.05, 0.1) is 0 Å². The van der Waals surface area contributed by atoms with Crippen molar-refractivity contribution in [2.24, 2.45) is 0 Å². The Balaban J connectivity index is 1.32. The van der Waals surface area contributed by atoms with Crippen molar-refractivity contribution in [3.8, 4) is 45.3 Å². The van der Waals surface area contributed by atoms with Crippen LogP contribution in [-0.2, 0) is 0 Å². The molecule has 0 radical (unpaired) electrons. The average molecular weight is 638 g/mol. The van der Waals surface area contributed by atoms with E-state index >= 15 is 0 Å². The van der Waals surface area contributed by atoms with Crippen LogP contribution in [0.15, 0.2) is 132 Å². The Morgan fingerprint density at radius 2 is 1.21 bits per heavy atom. The summed E-state index contributed by atoms with van der Waals surface area (Å²) < 4.78 is 9.22. The molecule has 6 heteroatoms. The number of aromatic nitrogens is 3. The summed E-state index contributed by atoms with van der Waals surface area (Å²) in [6.45, 7) is 4.87. The molecule has 0 unspecified atom stereocenters. The highest BCUT2D eigenvalue weighted by atomic mass is 32.1. The minimum absolute atomic E-state index is 0.657. The van der Waals surface area contributed by atoms with Crippen LogP contribution in [0.3, 0.4) is 0 Å². The number of hydrogen-bond acceptors (Lipinski definition) is 5. The molecule has 0 atom stereocenters. The van der Waals surface area contributed by atoms with Gasteiger partial charge in [0.15, 0.2) is 17.5 Å². The van der Waals surface area contributed by atoms with Crippen molar-refractivity contribution in [3.05, 3.63) is 127 Å². The van der Waals surface area contributed by atoms with E-state index in [1.165, 1.54) is 41.7 Å². The number of nitrogens with zero attached hydrogens (tertiary/aromatic N) is 3. The van der Waals surface area contributed by atoms with E-state index in [9.17, 15) is 0 Å². The Hall–Kier alpha value is -5.43. The molecule has 3 aromatic heterocycles. The second kappa shape index (κ2) is 9.78. The van der Waals surface area contributed by atoms with Crippen LogP contribution in [-0.4, -0.2) is 23.0 Å². The Labute approximate surface area is 276 Å². The molecule has 222 valence electrons. The van der Waals surface area contributed by atoms with Gasteiger partial charge in [-0.05, 0) is 40.2 Å². The molecular formula is C41H27N3OSSi. The standard InChI is InChI=1S/C41H27N3OSSi/c1-47(2)33-22-11-8-17-28(33)36-34(47)23-30(35-27-16-6-9-20-31(27)45-37(35)36)41-43-39(24-13-4-3-5-14-24)42-40(44-41)29-19-12-18-26-25-15-7-10-21-32(25)46-38(26)29/h3-23H,1-2H3. The lowest BCUT2D eigenvalue weighted by atomic mass is 9.98. The van der Waals surface area contributed by atoms with Gasteiger partial charge in [0.25, 0.3) is 0 Å². The predicted octanol–water partition coefficient (Wildman–Crippen LogP) is 9.94. The first kappa shape index (κ1) is 26.8. The average Bonchev–Trinajstić information content (AvgIpc) is 3.76. The van der Waals surface area contributed by atoms with E-state index in [0.29, 0.717) is 17.5 Å². The Morgan fingerprint density at radius 3 is 2.09 bits per heavy atom. The van der Waals surface area contributed by atoms with Crippen LogP contribution < -0.4 is 10.4 Å². The van der Waals surface area contributed by atoms with Crippen molar-refractivity contribution < 1.29 is 4.42 Å². The molecule has 47 heavy (non-hydrogen) atoms. The van der Waals surface area contributed by atoms with E-state index in [2.05, 4.69) is 116 Å². The number of hydrogen-bond donors (Lipinski definition) is 0. The van der Waals surface area contributed by atoms with Crippen LogP contribution in [0.25, 0.3) is 87.4 Å². The van der Waals surface area contributed by atoms with E-state index in [1.807, 2.05) is 24.3 Å². The number of para-hydroxylation sites is 1. The highest BCUT2D eigenvalue weighted by molar-refractivity contribution is 7.26. The number of fused-ring (bicyclic) bond motifs is 10. The van der Waals surface area contributed by atoms with Crippen molar-refractivity contribution in [3.63, 3.8) is 0 Å². The van der Waals surface area contributed by atoms with Crippen molar-refractivity contribution >= 4 is 71.9 Å². The van der Waals surface area contributed by atoms with Gasteiger partial charge in [-0.2, -0.15) is 0 Å².